The summed E-state index contributed by atoms with van der Waals surface area (Å²) in [5.74, 6) is 2.29. The second-order valence-electron chi connectivity index (χ2n) is 5.42. The van der Waals surface area contributed by atoms with Crippen molar-refractivity contribution in [2.45, 2.75) is 45.0 Å². The summed E-state index contributed by atoms with van der Waals surface area (Å²) in [4.78, 5) is 9.15. The number of pyridine rings is 1. The summed E-state index contributed by atoms with van der Waals surface area (Å²) in [5.41, 5.74) is 3.08. The third-order valence-electron chi connectivity index (χ3n) is 3.67. The van der Waals surface area contributed by atoms with Gasteiger partial charge in [0.05, 0.1) is 5.88 Å². The molecule has 0 radical (unpaired) electrons. The van der Waals surface area contributed by atoms with Gasteiger partial charge in [0.2, 0.25) is 0 Å². The van der Waals surface area contributed by atoms with Gasteiger partial charge in [-0.2, -0.15) is 0 Å². The molecule has 0 bridgehead atoms. The van der Waals surface area contributed by atoms with Gasteiger partial charge in [-0.25, -0.2) is 9.97 Å². The molecule has 0 aliphatic heterocycles. The maximum atomic E-state index is 6.03. The first-order valence-corrected chi connectivity index (χ1v) is 7.12. The van der Waals surface area contributed by atoms with Crippen LogP contribution in [0.25, 0.3) is 11.2 Å². The number of halogens is 1. The minimum atomic E-state index is 0.437. The van der Waals surface area contributed by atoms with Crippen molar-refractivity contribution in [2.24, 2.45) is 5.92 Å². The number of hydrogen-bond donors (Lipinski definition) is 0. The molecular formula is C14H18ClN3. The van der Waals surface area contributed by atoms with Gasteiger partial charge < -0.3 is 4.57 Å². The summed E-state index contributed by atoms with van der Waals surface area (Å²) in [6.07, 6.45) is 5.87. The summed E-state index contributed by atoms with van der Waals surface area (Å²) < 4.78 is 2.22. The lowest BCUT2D eigenvalue weighted by Gasteiger charge is -2.15. The average molecular weight is 264 g/mol. The van der Waals surface area contributed by atoms with Crippen molar-refractivity contribution < 1.29 is 0 Å². The van der Waals surface area contributed by atoms with E-state index in [0.29, 0.717) is 11.9 Å². The van der Waals surface area contributed by atoms with Gasteiger partial charge in [0.1, 0.15) is 11.3 Å². The van der Waals surface area contributed by atoms with Crippen molar-refractivity contribution in [3.8, 4) is 0 Å². The Kier molecular flexibility index (Phi) is 3.02. The van der Waals surface area contributed by atoms with Crippen LogP contribution in [0.3, 0.4) is 0 Å². The van der Waals surface area contributed by atoms with Crippen LogP contribution < -0.4 is 0 Å². The van der Waals surface area contributed by atoms with E-state index in [1.54, 1.807) is 0 Å². The first-order valence-electron chi connectivity index (χ1n) is 6.58. The monoisotopic (exact) mass is 263 g/mol. The third-order valence-corrected chi connectivity index (χ3v) is 3.91. The van der Waals surface area contributed by atoms with Crippen LogP contribution in [0, 0.1) is 12.8 Å². The fraction of sp³-hybridized carbons (Fsp3) is 0.571. The molecule has 1 unspecified atom stereocenters. The lowest BCUT2D eigenvalue weighted by Crippen LogP contribution is -2.10. The lowest BCUT2D eigenvalue weighted by molar-refractivity contribution is 0.475. The normalized spacial score (nSPS) is 17.3. The zero-order valence-corrected chi connectivity index (χ0v) is 11.6. The molecule has 4 heteroatoms. The Morgan fingerprint density at radius 2 is 2.28 bits per heavy atom. The molecule has 0 aromatic carbocycles. The molecule has 0 spiro atoms. The van der Waals surface area contributed by atoms with E-state index >= 15 is 0 Å². The van der Waals surface area contributed by atoms with Crippen LogP contribution >= 0.6 is 11.6 Å². The quantitative estimate of drug-likeness (QED) is 0.785. The summed E-state index contributed by atoms with van der Waals surface area (Å²) in [7, 11) is 0. The molecule has 3 rings (SSSR count). The first kappa shape index (κ1) is 12.0. The Hall–Kier alpha value is -1.09. The maximum Gasteiger partial charge on any atom is 0.160 e. The number of aryl methyl sites for hydroxylation is 1. The van der Waals surface area contributed by atoms with E-state index < -0.39 is 0 Å². The zero-order chi connectivity index (χ0) is 12.7. The number of rotatable bonds is 4. The van der Waals surface area contributed by atoms with E-state index in [2.05, 4.69) is 27.5 Å². The van der Waals surface area contributed by atoms with Crippen molar-refractivity contribution in [1.82, 2.24) is 14.5 Å². The van der Waals surface area contributed by atoms with E-state index in [1.165, 1.54) is 19.3 Å². The van der Waals surface area contributed by atoms with Crippen LogP contribution in [0.15, 0.2) is 12.3 Å². The van der Waals surface area contributed by atoms with Crippen LogP contribution in [0.4, 0.5) is 0 Å². The molecule has 1 fully saturated rings. The van der Waals surface area contributed by atoms with Crippen LogP contribution in [-0.4, -0.2) is 14.5 Å². The zero-order valence-electron chi connectivity index (χ0n) is 10.9. The highest BCUT2D eigenvalue weighted by Gasteiger charge is 2.26. The van der Waals surface area contributed by atoms with Gasteiger partial charge in [0.25, 0.3) is 0 Å². The Labute approximate surface area is 112 Å². The third kappa shape index (κ3) is 2.12. The molecule has 1 aliphatic carbocycles. The number of fused-ring (bicyclic) bond motifs is 1. The molecule has 1 atom stereocenters. The van der Waals surface area contributed by atoms with E-state index in [4.69, 9.17) is 11.6 Å². The van der Waals surface area contributed by atoms with Crippen LogP contribution in [-0.2, 0) is 5.88 Å². The molecule has 96 valence electrons. The molecule has 0 amide bonds. The van der Waals surface area contributed by atoms with Crippen molar-refractivity contribution in [3.63, 3.8) is 0 Å². The molecular weight excluding hydrogens is 246 g/mol. The Balaban J connectivity index is 2.06. The van der Waals surface area contributed by atoms with Gasteiger partial charge in [-0.05, 0) is 37.8 Å². The first-order chi connectivity index (χ1) is 8.69. The second kappa shape index (κ2) is 4.54. The maximum absolute atomic E-state index is 6.03. The van der Waals surface area contributed by atoms with Crippen LogP contribution in [0.1, 0.15) is 43.6 Å². The van der Waals surface area contributed by atoms with Crippen molar-refractivity contribution in [3.05, 3.63) is 23.7 Å². The van der Waals surface area contributed by atoms with E-state index in [1.807, 2.05) is 13.1 Å². The molecule has 2 aromatic rings. The molecule has 1 saturated carbocycles. The molecule has 0 saturated heterocycles. The van der Waals surface area contributed by atoms with Crippen molar-refractivity contribution >= 4 is 22.8 Å². The van der Waals surface area contributed by atoms with Crippen molar-refractivity contribution in [1.29, 1.82) is 0 Å². The largest absolute Gasteiger partial charge is 0.309 e. The van der Waals surface area contributed by atoms with Crippen molar-refractivity contribution in [2.75, 3.05) is 0 Å². The molecule has 3 nitrogen and oxygen atoms in total. The summed E-state index contributed by atoms with van der Waals surface area (Å²) >= 11 is 6.03. The van der Waals surface area contributed by atoms with Gasteiger partial charge in [0.15, 0.2) is 5.65 Å². The van der Waals surface area contributed by atoms with Gasteiger partial charge in [0, 0.05) is 12.2 Å². The highest BCUT2D eigenvalue weighted by molar-refractivity contribution is 6.16. The van der Waals surface area contributed by atoms with Gasteiger partial charge >= 0.3 is 0 Å². The van der Waals surface area contributed by atoms with Crippen LogP contribution in [0.5, 0.6) is 0 Å². The molecule has 1 aliphatic rings. The fourth-order valence-electron chi connectivity index (χ4n) is 2.63. The second-order valence-corrected chi connectivity index (χ2v) is 5.68. The Morgan fingerprint density at radius 3 is 2.94 bits per heavy atom. The van der Waals surface area contributed by atoms with E-state index in [0.717, 1.165) is 28.5 Å². The predicted molar refractivity (Wildman–Crippen MR) is 73.9 cm³/mol. The lowest BCUT2D eigenvalue weighted by atomic mass is 10.1. The number of alkyl halides is 1. The number of imidazole rings is 1. The molecule has 2 aromatic heterocycles. The van der Waals surface area contributed by atoms with Gasteiger partial charge in [-0.1, -0.05) is 12.8 Å². The Bertz CT molecular complexity index is 572. The van der Waals surface area contributed by atoms with Gasteiger partial charge in [-0.3, -0.25) is 0 Å². The molecule has 18 heavy (non-hydrogen) atoms. The number of nitrogens with zero attached hydrogens (tertiary/aromatic N) is 3. The minimum absolute atomic E-state index is 0.437. The predicted octanol–water partition coefficient (Wildman–Crippen LogP) is 3.84. The minimum Gasteiger partial charge on any atom is -0.309 e. The standard InChI is InChI=1S/C14H18ClN3/c1-9-5-12-14(16-8-9)18(13(7-15)17-12)10(2)6-11-3-4-11/h5,8,10-11H,3-4,6-7H2,1-2H3. The summed E-state index contributed by atoms with van der Waals surface area (Å²) in [5, 5.41) is 0. The SMILES string of the molecule is Cc1cnc2c(c1)nc(CCl)n2C(C)CC1CC1. The number of aromatic nitrogens is 3. The average Bonchev–Trinajstić information content (AvgIpc) is 3.07. The summed E-state index contributed by atoms with van der Waals surface area (Å²) in [6.45, 7) is 4.29. The Morgan fingerprint density at radius 1 is 1.50 bits per heavy atom. The number of hydrogen-bond acceptors (Lipinski definition) is 2. The van der Waals surface area contributed by atoms with Gasteiger partial charge in [-0.15, -0.1) is 11.6 Å². The molecule has 0 N–H and O–H groups in total. The highest BCUT2D eigenvalue weighted by Crippen LogP contribution is 2.37. The smallest absolute Gasteiger partial charge is 0.160 e. The molecule has 2 heterocycles. The topological polar surface area (TPSA) is 30.7 Å². The van der Waals surface area contributed by atoms with E-state index in [-0.39, 0.29) is 0 Å². The van der Waals surface area contributed by atoms with Crippen LogP contribution in [0.2, 0.25) is 0 Å². The summed E-state index contributed by atoms with van der Waals surface area (Å²) in [6, 6.07) is 2.52. The highest BCUT2D eigenvalue weighted by atomic mass is 35.5. The fourth-order valence-corrected chi connectivity index (χ4v) is 2.82. The van der Waals surface area contributed by atoms with E-state index in [9.17, 15) is 0 Å².